The SMILES string of the molecule is CC(C)(CCCl)NC(=O)C1(C)CCCS1. The molecule has 15 heavy (non-hydrogen) atoms. The van der Waals surface area contributed by atoms with E-state index in [1.165, 1.54) is 0 Å². The van der Waals surface area contributed by atoms with Gasteiger partial charge in [-0.2, -0.15) is 0 Å². The van der Waals surface area contributed by atoms with Crippen molar-refractivity contribution >= 4 is 29.3 Å². The molecule has 1 heterocycles. The van der Waals surface area contributed by atoms with Crippen LogP contribution < -0.4 is 5.32 Å². The van der Waals surface area contributed by atoms with E-state index in [0.29, 0.717) is 5.88 Å². The molecule has 1 saturated heterocycles. The Morgan fingerprint density at radius 3 is 2.73 bits per heavy atom. The second-order valence-electron chi connectivity index (χ2n) is 4.96. The summed E-state index contributed by atoms with van der Waals surface area (Å²) in [4.78, 5) is 12.1. The van der Waals surface area contributed by atoms with Crippen molar-refractivity contribution in [1.29, 1.82) is 0 Å². The van der Waals surface area contributed by atoms with Gasteiger partial charge in [-0.05, 0) is 45.8 Å². The summed E-state index contributed by atoms with van der Waals surface area (Å²) in [5.74, 6) is 1.84. The van der Waals surface area contributed by atoms with Crippen LogP contribution in [-0.2, 0) is 4.79 Å². The van der Waals surface area contributed by atoms with Gasteiger partial charge in [0.2, 0.25) is 5.91 Å². The molecular formula is C11H20ClNOS. The van der Waals surface area contributed by atoms with Crippen LogP contribution in [0.4, 0.5) is 0 Å². The molecule has 1 N–H and O–H groups in total. The van der Waals surface area contributed by atoms with Gasteiger partial charge in [-0.3, -0.25) is 4.79 Å². The van der Waals surface area contributed by atoms with Crippen molar-refractivity contribution < 1.29 is 4.79 Å². The molecule has 0 spiro atoms. The summed E-state index contributed by atoms with van der Waals surface area (Å²) < 4.78 is -0.219. The van der Waals surface area contributed by atoms with Gasteiger partial charge in [0.25, 0.3) is 0 Å². The number of nitrogens with one attached hydrogen (secondary N) is 1. The Labute approximate surface area is 102 Å². The molecule has 1 aliphatic rings. The lowest BCUT2D eigenvalue weighted by Crippen LogP contribution is -2.50. The van der Waals surface area contributed by atoms with Crippen molar-refractivity contribution in [2.45, 2.75) is 50.3 Å². The van der Waals surface area contributed by atoms with Crippen LogP contribution in [0.3, 0.4) is 0 Å². The van der Waals surface area contributed by atoms with E-state index < -0.39 is 0 Å². The zero-order valence-corrected chi connectivity index (χ0v) is 11.3. The van der Waals surface area contributed by atoms with Gasteiger partial charge in [0.1, 0.15) is 0 Å². The normalized spacial score (nSPS) is 26.7. The molecule has 1 aliphatic heterocycles. The summed E-state index contributed by atoms with van der Waals surface area (Å²) in [6.07, 6.45) is 2.94. The summed E-state index contributed by atoms with van der Waals surface area (Å²) in [6.45, 7) is 6.09. The molecule has 0 aromatic rings. The lowest BCUT2D eigenvalue weighted by molar-refractivity contribution is -0.124. The highest BCUT2D eigenvalue weighted by molar-refractivity contribution is 8.01. The predicted octanol–water partition coefficient (Wildman–Crippen LogP) is 2.80. The fraction of sp³-hybridized carbons (Fsp3) is 0.909. The van der Waals surface area contributed by atoms with Gasteiger partial charge in [0.15, 0.2) is 0 Å². The van der Waals surface area contributed by atoms with E-state index in [1.807, 2.05) is 20.8 Å². The van der Waals surface area contributed by atoms with Crippen LogP contribution in [0.15, 0.2) is 0 Å². The fourth-order valence-corrected chi connectivity index (χ4v) is 3.38. The fourth-order valence-electron chi connectivity index (χ4n) is 1.70. The molecule has 4 heteroatoms. The second-order valence-corrected chi connectivity index (χ2v) is 6.94. The minimum Gasteiger partial charge on any atom is -0.350 e. The van der Waals surface area contributed by atoms with Crippen LogP contribution in [0.5, 0.6) is 0 Å². The maximum atomic E-state index is 12.1. The molecule has 0 aromatic carbocycles. The Hall–Kier alpha value is 0.110. The van der Waals surface area contributed by atoms with E-state index >= 15 is 0 Å². The number of carbonyl (C=O) groups is 1. The number of carbonyl (C=O) groups excluding carboxylic acids is 1. The molecule has 0 aromatic heterocycles. The first-order valence-corrected chi connectivity index (χ1v) is 6.94. The third kappa shape index (κ3) is 3.56. The highest BCUT2D eigenvalue weighted by Gasteiger charge is 2.39. The smallest absolute Gasteiger partial charge is 0.236 e. The summed E-state index contributed by atoms with van der Waals surface area (Å²) >= 11 is 7.47. The van der Waals surface area contributed by atoms with Gasteiger partial charge in [-0.1, -0.05) is 0 Å². The summed E-state index contributed by atoms with van der Waals surface area (Å²) in [5, 5.41) is 3.10. The minimum absolute atomic E-state index is 0.167. The van der Waals surface area contributed by atoms with Crippen molar-refractivity contribution in [2.75, 3.05) is 11.6 Å². The molecule has 0 saturated carbocycles. The summed E-state index contributed by atoms with van der Waals surface area (Å²) in [6, 6.07) is 0. The number of amides is 1. The van der Waals surface area contributed by atoms with Crippen LogP contribution in [-0.4, -0.2) is 27.8 Å². The maximum Gasteiger partial charge on any atom is 0.236 e. The monoisotopic (exact) mass is 249 g/mol. The van der Waals surface area contributed by atoms with Gasteiger partial charge < -0.3 is 5.32 Å². The van der Waals surface area contributed by atoms with Crippen molar-refractivity contribution in [3.05, 3.63) is 0 Å². The highest BCUT2D eigenvalue weighted by Crippen LogP contribution is 2.38. The molecule has 1 unspecified atom stereocenters. The van der Waals surface area contributed by atoms with Crippen LogP contribution in [0.2, 0.25) is 0 Å². The average Bonchev–Trinajstić information content (AvgIpc) is 2.52. The highest BCUT2D eigenvalue weighted by atomic mass is 35.5. The van der Waals surface area contributed by atoms with Gasteiger partial charge in [-0.15, -0.1) is 23.4 Å². The zero-order chi connectivity index (χ0) is 11.5. The Kier molecular flexibility index (Phi) is 4.36. The van der Waals surface area contributed by atoms with E-state index in [0.717, 1.165) is 25.0 Å². The van der Waals surface area contributed by atoms with Crippen molar-refractivity contribution in [3.63, 3.8) is 0 Å². The Bertz CT molecular complexity index is 237. The van der Waals surface area contributed by atoms with Crippen molar-refractivity contribution in [3.8, 4) is 0 Å². The molecule has 0 radical (unpaired) electrons. The minimum atomic E-state index is -0.219. The maximum absolute atomic E-state index is 12.1. The Morgan fingerprint density at radius 1 is 1.60 bits per heavy atom. The molecule has 0 bridgehead atoms. The van der Waals surface area contributed by atoms with Crippen molar-refractivity contribution in [2.24, 2.45) is 0 Å². The molecule has 1 atom stereocenters. The lowest BCUT2D eigenvalue weighted by atomic mass is 9.98. The quantitative estimate of drug-likeness (QED) is 0.777. The second kappa shape index (κ2) is 4.96. The molecule has 1 rings (SSSR count). The summed E-state index contributed by atoms with van der Waals surface area (Å²) in [5.41, 5.74) is -0.189. The number of rotatable bonds is 4. The first-order chi connectivity index (χ1) is 6.90. The standard InChI is InChI=1S/C11H20ClNOS/c1-10(2,6-7-12)13-9(14)11(3)5-4-8-15-11/h4-8H2,1-3H3,(H,13,14). The van der Waals surface area contributed by atoms with Crippen LogP contribution in [0, 0.1) is 0 Å². The van der Waals surface area contributed by atoms with E-state index in [-0.39, 0.29) is 16.2 Å². The zero-order valence-electron chi connectivity index (χ0n) is 9.73. The van der Waals surface area contributed by atoms with Gasteiger partial charge in [-0.25, -0.2) is 0 Å². The molecule has 1 fully saturated rings. The number of hydrogen-bond acceptors (Lipinski definition) is 2. The first kappa shape index (κ1) is 13.2. The van der Waals surface area contributed by atoms with Crippen LogP contribution in [0.25, 0.3) is 0 Å². The van der Waals surface area contributed by atoms with Crippen molar-refractivity contribution in [1.82, 2.24) is 5.32 Å². The van der Waals surface area contributed by atoms with E-state index in [9.17, 15) is 4.79 Å². The number of hydrogen-bond donors (Lipinski definition) is 1. The third-order valence-electron chi connectivity index (χ3n) is 2.87. The molecule has 2 nitrogen and oxygen atoms in total. The third-order valence-corrected chi connectivity index (χ3v) is 4.58. The van der Waals surface area contributed by atoms with E-state index in [4.69, 9.17) is 11.6 Å². The van der Waals surface area contributed by atoms with Gasteiger partial charge >= 0.3 is 0 Å². The number of halogens is 1. The Morgan fingerprint density at radius 2 is 2.27 bits per heavy atom. The largest absolute Gasteiger partial charge is 0.350 e. The van der Waals surface area contributed by atoms with Gasteiger partial charge in [0.05, 0.1) is 4.75 Å². The topological polar surface area (TPSA) is 29.1 Å². The Balaban J connectivity index is 2.54. The lowest BCUT2D eigenvalue weighted by Gasteiger charge is -2.31. The van der Waals surface area contributed by atoms with Crippen LogP contribution in [0.1, 0.15) is 40.0 Å². The predicted molar refractivity (Wildman–Crippen MR) is 67.7 cm³/mol. The van der Waals surface area contributed by atoms with Gasteiger partial charge in [0, 0.05) is 11.4 Å². The van der Waals surface area contributed by atoms with E-state index in [2.05, 4.69) is 5.32 Å². The molecule has 88 valence electrons. The van der Waals surface area contributed by atoms with Crippen LogP contribution >= 0.6 is 23.4 Å². The molecule has 1 amide bonds. The number of thioether (sulfide) groups is 1. The number of alkyl halides is 1. The molecular weight excluding hydrogens is 230 g/mol. The average molecular weight is 250 g/mol. The summed E-state index contributed by atoms with van der Waals surface area (Å²) in [7, 11) is 0. The first-order valence-electron chi connectivity index (χ1n) is 5.42. The van der Waals surface area contributed by atoms with E-state index in [1.54, 1.807) is 11.8 Å². The molecule has 0 aliphatic carbocycles.